The van der Waals surface area contributed by atoms with Gasteiger partial charge in [-0.05, 0) is 42.2 Å². The molecule has 1 aliphatic heterocycles. The number of hydrogen-bond donors (Lipinski definition) is 0. The molecule has 136 valence electrons. The van der Waals surface area contributed by atoms with E-state index in [9.17, 15) is 9.59 Å². The molecule has 1 heterocycles. The summed E-state index contributed by atoms with van der Waals surface area (Å²) >= 11 is 6.18. The van der Waals surface area contributed by atoms with E-state index in [0.717, 1.165) is 24.2 Å². The van der Waals surface area contributed by atoms with Gasteiger partial charge in [0.05, 0.1) is 0 Å². The predicted octanol–water partition coefficient (Wildman–Crippen LogP) is 3.98. The van der Waals surface area contributed by atoms with Crippen LogP contribution >= 0.6 is 11.6 Å². The summed E-state index contributed by atoms with van der Waals surface area (Å²) in [5, 5.41) is 0.618. The van der Waals surface area contributed by atoms with Crippen molar-refractivity contribution in [1.29, 1.82) is 0 Å². The molecule has 0 unspecified atom stereocenters. The van der Waals surface area contributed by atoms with Crippen LogP contribution in [-0.2, 0) is 22.6 Å². The predicted molar refractivity (Wildman–Crippen MR) is 104 cm³/mol. The Bertz CT molecular complexity index is 835. The van der Waals surface area contributed by atoms with Gasteiger partial charge in [0.2, 0.25) is 11.8 Å². The van der Waals surface area contributed by atoms with Crippen LogP contribution in [0.2, 0.25) is 5.02 Å². The number of carbonyl (C=O) groups excluding carboxylic acids is 2. The molecular weight excluding hydrogens is 348 g/mol. The lowest BCUT2D eigenvalue weighted by Gasteiger charge is -2.30. The molecule has 0 radical (unpaired) electrons. The number of nitrogens with zero attached hydrogens (tertiary/aromatic N) is 2. The maximum absolute atomic E-state index is 12.7. The molecule has 5 heteroatoms. The molecule has 4 nitrogen and oxygen atoms in total. The second-order valence-electron chi connectivity index (χ2n) is 6.64. The van der Waals surface area contributed by atoms with Crippen molar-refractivity contribution in [3.63, 3.8) is 0 Å². The van der Waals surface area contributed by atoms with E-state index in [2.05, 4.69) is 12.1 Å². The maximum atomic E-state index is 12.7. The first-order chi connectivity index (χ1) is 12.5. The third-order valence-electron chi connectivity index (χ3n) is 4.94. The lowest BCUT2D eigenvalue weighted by atomic mass is 10.00. The van der Waals surface area contributed by atoms with Crippen LogP contribution in [0.15, 0.2) is 42.5 Å². The van der Waals surface area contributed by atoms with Crippen LogP contribution in [-0.4, -0.2) is 29.8 Å². The molecule has 0 aromatic heterocycles. The van der Waals surface area contributed by atoms with Gasteiger partial charge >= 0.3 is 0 Å². The molecule has 0 atom stereocenters. The summed E-state index contributed by atoms with van der Waals surface area (Å²) in [5.41, 5.74) is 4.14. The van der Waals surface area contributed by atoms with Crippen molar-refractivity contribution in [3.05, 3.63) is 64.2 Å². The number of rotatable bonds is 4. The van der Waals surface area contributed by atoms with Crippen LogP contribution in [0.5, 0.6) is 0 Å². The average molecular weight is 371 g/mol. The third-order valence-corrected chi connectivity index (χ3v) is 5.35. The van der Waals surface area contributed by atoms with Gasteiger partial charge < -0.3 is 9.80 Å². The molecule has 26 heavy (non-hydrogen) atoms. The Morgan fingerprint density at radius 3 is 2.58 bits per heavy atom. The van der Waals surface area contributed by atoms with Gasteiger partial charge in [0.1, 0.15) is 0 Å². The summed E-state index contributed by atoms with van der Waals surface area (Å²) in [6.45, 7) is 5.13. The Morgan fingerprint density at radius 1 is 1.12 bits per heavy atom. The van der Waals surface area contributed by atoms with E-state index in [4.69, 9.17) is 11.6 Å². The van der Waals surface area contributed by atoms with Crippen molar-refractivity contribution in [1.82, 2.24) is 4.90 Å². The number of benzene rings is 2. The first-order valence-corrected chi connectivity index (χ1v) is 9.23. The minimum Gasteiger partial charge on any atom is -0.338 e. The van der Waals surface area contributed by atoms with Crippen molar-refractivity contribution in [2.75, 3.05) is 18.0 Å². The highest BCUT2D eigenvalue weighted by Gasteiger charge is 2.22. The second kappa shape index (κ2) is 7.92. The Labute approximate surface area is 159 Å². The summed E-state index contributed by atoms with van der Waals surface area (Å²) in [6, 6.07) is 13.7. The van der Waals surface area contributed by atoms with E-state index < -0.39 is 0 Å². The van der Waals surface area contributed by atoms with Gasteiger partial charge in [-0.25, -0.2) is 0 Å². The van der Waals surface area contributed by atoms with Crippen LogP contribution in [0.3, 0.4) is 0 Å². The smallest absolute Gasteiger partial charge is 0.224 e. The lowest BCUT2D eigenvalue weighted by Crippen LogP contribution is -2.39. The van der Waals surface area contributed by atoms with Gasteiger partial charge in [-0.3, -0.25) is 9.59 Å². The molecule has 0 bridgehead atoms. The van der Waals surface area contributed by atoms with Crippen molar-refractivity contribution >= 4 is 29.1 Å². The standard InChI is InChI=1S/C21H23ClN2O2/c1-15-19(22)8-5-9-20(15)24(16(2)25)13-11-21(26)23-12-10-17-6-3-4-7-18(17)14-23/h3-9H,10-14H2,1-2H3. The Kier molecular flexibility index (Phi) is 5.62. The molecule has 2 aromatic rings. The molecule has 2 aromatic carbocycles. The number of halogens is 1. The van der Waals surface area contributed by atoms with Crippen LogP contribution < -0.4 is 4.90 Å². The average Bonchev–Trinajstić information content (AvgIpc) is 2.64. The second-order valence-corrected chi connectivity index (χ2v) is 7.05. The van der Waals surface area contributed by atoms with Crippen molar-refractivity contribution < 1.29 is 9.59 Å². The Hall–Kier alpha value is -2.33. The number of carbonyl (C=O) groups is 2. The molecular formula is C21H23ClN2O2. The van der Waals surface area contributed by atoms with E-state index in [1.165, 1.54) is 18.1 Å². The summed E-state index contributed by atoms with van der Waals surface area (Å²) in [5.74, 6) is -0.0161. The molecule has 0 spiro atoms. The molecule has 1 aliphatic rings. The highest BCUT2D eigenvalue weighted by molar-refractivity contribution is 6.31. The van der Waals surface area contributed by atoms with Gasteiger partial charge in [0, 0.05) is 43.7 Å². The van der Waals surface area contributed by atoms with Crippen molar-refractivity contribution in [2.24, 2.45) is 0 Å². The molecule has 0 fully saturated rings. The van der Waals surface area contributed by atoms with Crippen LogP contribution in [0.1, 0.15) is 30.0 Å². The van der Waals surface area contributed by atoms with E-state index >= 15 is 0 Å². The molecule has 0 N–H and O–H groups in total. The van der Waals surface area contributed by atoms with Crippen molar-refractivity contribution in [2.45, 2.75) is 33.2 Å². The monoisotopic (exact) mass is 370 g/mol. The van der Waals surface area contributed by atoms with Gasteiger partial charge in [-0.1, -0.05) is 41.9 Å². The number of anilines is 1. The van der Waals surface area contributed by atoms with E-state index in [0.29, 0.717) is 24.5 Å². The summed E-state index contributed by atoms with van der Waals surface area (Å²) in [4.78, 5) is 28.3. The van der Waals surface area contributed by atoms with Gasteiger partial charge in [0.25, 0.3) is 0 Å². The fourth-order valence-corrected chi connectivity index (χ4v) is 3.58. The number of amides is 2. The fourth-order valence-electron chi connectivity index (χ4n) is 3.41. The van der Waals surface area contributed by atoms with Crippen molar-refractivity contribution in [3.8, 4) is 0 Å². The zero-order valence-electron chi connectivity index (χ0n) is 15.2. The highest BCUT2D eigenvalue weighted by atomic mass is 35.5. The van der Waals surface area contributed by atoms with Gasteiger partial charge in [0.15, 0.2) is 0 Å². The van der Waals surface area contributed by atoms with E-state index in [-0.39, 0.29) is 11.8 Å². The summed E-state index contributed by atoms with van der Waals surface area (Å²) in [7, 11) is 0. The van der Waals surface area contributed by atoms with Crippen LogP contribution in [0.25, 0.3) is 0 Å². The zero-order valence-corrected chi connectivity index (χ0v) is 15.9. The number of hydrogen-bond acceptors (Lipinski definition) is 2. The topological polar surface area (TPSA) is 40.6 Å². The SMILES string of the molecule is CC(=O)N(CCC(=O)N1CCc2ccccc2C1)c1cccc(Cl)c1C. The lowest BCUT2D eigenvalue weighted by molar-refractivity contribution is -0.131. The normalized spacial score (nSPS) is 13.3. The van der Waals surface area contributed by atoms with Gasteiger partial charge in [-0.15, -0.1) is 0 Å². The Morgan fingerprint density at radius 2 is 1.85 bits per heavy atom. The molecule has 3 rings (SSSR count). The maximum Gasteiger partial charge on any atom is 0.224 e. The minimum atomic E-state index is -0.0906. The molecule has 0 saturated heterocycles. The number of fused-ring (bicyclic) bond motifs is 1. The first-order valence-electron chi connectivity index (χ1n) is 8.85. The highest BCUT2D eigenvalue weighted by Crippen LogP contribution is 2.27. The van der Waals surface area contributed by atoms with E-state index in [1.807, 2.05) is 36.1 Å². The first kappa shape index (κ1) is 18.5. The van der Waals surface area contributed by atoms with Crippen LogP contribution in [0.4, 0.5) is 5.69 Å². The zero-order chi connectivity index (χ0) is 18.7. The third kappa shape index (κ3) is 3.91. The summed E-state index contributed by atoms with van der Waals surface area (Å²) in [6.07, 6.45) is 1.18. The van der Waals surface area contributed by atoms with Gasteiger partial charge in [-0.2, -0.15) is 0 Å². The minimum absolute atomic E-state index is 0.0745. The molecule has 0 saturated carbocycles. The van der Waals surface area contributed by atoms with E-state index in [1.54, 1.807) is 11.0 Å². The summed E-state index contributed by atoms with van der Waals surface area (Å²) < 4.78 is 0. The fraction of sp³-hybridized carbons (Fsp3) is 0.333. The van der Waals surface area contributed by atoms with Crippen LogP contribution in [0, 0.1) is 6.92 Å². The quantitative estimate of drug-likeness (QED) is 0.816. The molecule has 0 aliphatic carbocycles. The largest absolute Gasteiger partial charge is 0.338 e. The Balaban J connectivity index is 1.67. The molecule has 2 amide bonds.